The van der Waals surface area contributed by atoms with E-state index in [2.05, 4.69) is 17.6 Å². The molecule has 2 N–H and O–H groups in total. The van der Waals surface area contributed by atoms with Crippen LogP contribution in [0.2, 0.25) is 0 Å². The lowest BCUT2D eigenvalue weighted by Gasteiger charge is -2.09. The number of carbonyl (C=O) groups is 1. The number of halogens is 1. The van der Waals surface area contributed by atoms with Gasteiger partial charge in [-0.25, -0.2) is 9.18 Å². The zero-order chi connectivity index (χ0) is 15.8. The molecule has 0 aliphatic heterocycles. The van der Waals surface area contributed by atoms with Crippen molar-refractivity contribution in [3.8, 4) is 5.75 Å². The summed E-state index contributed by atoms with van der Waals surface area (Å²) in [5.41, 5.74) is 1.75. The molecular formula is C17H19FN2O2. The molecule has 0 radical (unpaired) electrons. The number of benzene rings is 2. The highest BCUT2D eigenvalue weighted by Gasteiger charge is 2.01. The monoisotopic (exact) mass is 302 g/mol. The molecule has 2 aromatic carbocycles. The van der Waals surface area contributed by atoms with Crippen molar-refractivity contribution in [3.05, 3.63) is 59.9 Å². The topological polar surface area (TPSA) is 50.4 Å². The van der Waals surface area contributed by atoms with Gasteiger partial charge in [-0.3, -0.25) is 0 Å². The molecule has 22 heavy (non-hydrogen) atoms. The van der Waals surface area contributed by atoms with Gasteiger partial charge in [0.1, 0.15) is 18.2 Å². The maximum atomic E-state index is 12.7. The van der Waals surface area contributed by atoms with E-state index in [1.807, 2.05) is 24.3 Å². The van der Waals surface area contributed by atoms with Gasteiger partial charge in [0.25, 0.3) is 0 Å². The van der Waals surface area contributed by atoms with Crippen LogP contribution >= 0.6 is 0 Å². The second-order valence-electron chi connectivity index (χ2n) is 4.74. The molecule has 2 aromatic rings. The van der Waals surface area contributed by atoms with E-state index in [9.17, 15) is 9.18 Å². The quantitative estimate of drug-likeness (QED) is 0.801. The Labute approximate surface area is 129 Å². The smallest absolute Gasteiger partial charge is 0.319 e. The normalized spacial score (nSPS) is 10.1. The molecule has 0 spiro atoms. The first kappa shape index (κ1) is 15.8. The van der Waals surface area contributed by atoms with Gasteiger partial charge in [0.05, 0.1) is 6.54 Å². The van der Waals surface area contributed by atoms with Crippen molar-refractivity contribution in [2.24, 2.45) is 0 Å². The predicted molar refractivity (Wildman–Crippen MR) is 84.7 cm³/mol. The van der Waals surface area contributed by atoms with Crippen LogP contribution < -0.4 is 15.4 Å². The molecule has 0 bridgehead atoms. The summed E-state index contributed by atoms with van der Waals surface area (Å²) in [6.45, 7) is 2.84. The van der Waals surface area contributed by atoms with Gasteiger partial charge in [0.15, 0.2) is 0 Å². The maximum absolute atomic E-state index is 12.7. The summed E-state index contributed by atoms with van der Waals surface area (Å²) in [4.78, 5) is 11.6. The van der Waals surface area contributed by atoms with Crippen LogP contribution in [0, 0.1) is 5.82 Å². The fraction of sp³-hybridized carbons (Fsp3) is 0.235. The van der Waals surface area contributed by atoms with Gasteiger partial charge in [-0.05, 0) is 48.4 Å². The molecule has 0 unspecified atom stereocenters. The van der Waals surface area contributed by atoms with Gasteiger partial charge in [0, 0.05) is 5.69 Å². The van der Waals surface area contributed by atoms with Crippen LogP contribution in [0.15, 0.2) is 48.5 Å². The molecule has 0 aliphatic rings. The summed E-state index contributed by atoms with van der Waals surface area (Å²) in [5.74, 6) is 0.453. The molecule has 0 saturated heterocycles. The second-order valence-corrected chi connectivity index (χ2v) is 4.74. The van der Waals surface area contributed by atoms with E-state index < -0.39 is 0 Å². The molecule has 0 atom stereocenters. The number of hydrogen-bond donors (Lipinski definition) is 2. The van der Waals surface area contributed by atoms with Crippen LogP contribution in [0.25, 0.3) is 0 Å². The fourth-order valence-electron chi connectivity index (χ4n) is 1.90. The minimum atomic E-state index is -0.350. The Bertz CT molecular complexity index is 614. The number of hydrogen-bond acceptors (Lipinski definition) is 2. The molecule has 4 nitrogen and oxygen atoms in total. The number of nitrogens with one attached hydrogen (secondary N) is 2. The Hall–Kier alpha value is -2.56. The van der Waals surface area contributed by atoms with Crippen molar-refractivity contribution < 1.29 is 13.9 Å². The number of carbonyl (C=O) groups excluding carboxylic acids is 1. The molecule has 0 heterocycles. The third kappa shape index (κ3) is 5.09. The number of amides is 2. The molecular weight excluding hydrogens is 283 g/mol. The van der Waals surface area contributed by atoms with E-state index in [-0.39, 0.29) is 11.8 Å². The standard InChI is InChI=1S/C17H19FN2O2/c1-2-13-4-3-5-16(12-13)22-11-10-19-17(21)20-15-8-6-14(18)7-9-15/h3-9,12H,2,10-11H2,1H3,(H2,19,20,21). The van der Waals surface area contributed by atoms with Gasteiger partial charge in [-0.15, -0.1) is 0 Å². The largest absolute Gasteiger partial charge is 0.492 e. The minimum Gasteiger partial charge on any atom is -0.492 e. The first-order valence-corrected chi connectivity index (χ1v) is 7.19. The summed E-state index contributed by atoms with van der Waals surface area (Å²) >= 11 is 0. The highest BCUT2D eigenvalue weighted by atomic mass is 19.1. The molecule has 5 heteroatoms. The predicted octanol–water partition coefficient (Wildman–Crippen LogP) is 3.59. The maximum Gasteiger partial charge on any atom is 0.319 e. The van der Waals surface area contributed by atoms with Gasteiger partial charge >= 0.3 is 6.03 Å². The van der Waals surface area contributed by atoms with Gasteiger partial charge in [0.2, 0.25) is 0 Å². The molecule has 0 saturated carbocycles. The molecule has 0 aliphatic carbocycles. The molecule has 2 amide bonds. The van der Waals surface area contributed by atoms with E-state index in [0.717, 1.165) is 12.2 Å². The average molecular weight is 302 g/mol. The van der Waals surface area contributed by atoms with Crippen LogP contribution in [0.5, 0.6) is 5.75 Å². The number of urea groups is 1. The Morgan fingerprint density at radius 1 is 1.18 bits per heavy atom. The van der Waals surface area contributed by atoms with Crippen LogP contribution in [-0.4, -0.2) is 19.2 Å². The highest BCUT2D eigenvalue weighted by Crippen LogP contribution is 2.13. The minimum absolute atomic E-state index is 0.339. The van der Waals surface area contributed by atoms with E-state index in [1.165, 1.54) is 29.8 Å². The van der Waals surface area contributed by atoms with Crippen LogP contribution in [0.3, 0.4) is 0 Å². The van der Waals surface area contributed by atoms with Gasteiger partial charge in [-0.2, -0.15) is 0 Å². The Morgan fingerprint density at radius 2 is 1.95 bits per heavy atom. The van der Waals surface area contributed by atoms with Crippen molar-refractivity contribution >= 4 is 11.7 Å². The number of anilines is 1. The zero-order valence-electron chi connectivity index (χ0n) is 12.4. The first-order valence-electron chi connectivity index (χ1n) is 7.19. The van der Waals surface area contributed by atoms with E-state index >= 15 is 0 Å². The third-order valence-electron chi connectivity index (χ3n) is 3.07. The number of aryl methyl sites for hydroxylation is 1. The van der Waals surface area contributed by atoms with Crippen molar-refractivity contribution in [2.75, 3.05) is 18.5 Å². The number of ether oxygens (including phenoxy) is 1. The average Bonchev–Trinajstić information content (AvgIpc) is 2.54. The molecule has 0 aromatic heterocycles. The van der Waals surface area contributed by atoms with Crippen molar-refractivity contribution in [2.45, 2.75) is 13.3 Å². The lowest BCUT2D eigenvalue weighted by atomic mass is 10.2. The molecule has 0 fully saturated rings. The Kier molecular flexibility index (Phi) is 5.77. The van der Waals surface area contributed by atoms with Crippen LogP contribution in [0.1, 0.15) is 12.5 Å². The third-order valence-corrected chi connectivity index (χ3v) is 3.07. The zero-order valence-corrected chi connectivity index (χ0v) is 12.4. The van der Waals surface area contributed by atoms with Gasteiger partial charge in [-0.1, -0.05) is 19.1 Å². The van der Waals surface area contributed by atoms with E-state index in [0.29, 0.717) is 18.8 Å². The molecule has 2 rings (SSSR count). The molecule has 116 valence electrons. The van der Waals surface area contributed by atoms with Crippen molar-refractivity contribution in [1.82, 2.24) is 5.32 Å². The van der Waals surface area contributed by atoms with Crippen molar-refractivity contribution in [1.29, 1.82) is 0 Å². The summed E-state index contributed by atoms with van der Waals surface area (Å²) < 4.78 is 18.3. The van der Waals surface area contributed by atoms with Gasteiger partial charge < -0.3 is 15.4 Å². The SMILES string of the molecule is CCc1cccc(OCCNC(=O)Nc2ccc(F)cc2)c1. The van der Waals surface area contributed by atoms with Crippen molar-refractivity contribution in [3.63, 3.8) is 0 Å². The Morgan fingerprint density at radius 3 is 2.68 bits per heavy atom. The lowest BCUT2D eigenvalue weighted by Crippen LogP contribution is -2.32. The summed E-state index contributed by atoms with van der Waals surface area (Å²) in [6.07, 6.45) is 0.954. The highest BCUT2D eigenvalue weighted by molar-refractivity contribution is 5.89. The summed E-state index contributed by atoms with van der Waals surface area (Å²) in [5, 5.41) is 5.29. The second kappa shape index (κ2) is 8.02. The van der Waals surface area contributed by atoms with E-state index in [1.54, 1.807) is 0 Å². The lowest BCUT2D eigenvalue weighted by molar-refractivity contribution is 0.247. The summed E-state index contributed by atoms with van der Waals surface area (Å²) in [6, 6.07) is 13.1. The summed E-state index contributed by atoms with van der Waals surface area (Å²) in [7, 11) is 0. The van der Waals surface area contributed by atoms with Crippen LogP contribution in [-0.2, 0) is 6.42 Å². The number of rotatable bonds is 6. The van der Waals surface area contributed by atoms with Crippen LogP contribution in [0.4, 0.5) is 14.9 Å². The fourth-order valence-corrected chi connectivity index (χ4v) is 1.90. The first-order chi connectivity index (χ1) is 10.7. The van der Waals surface area contributed by atoms with E-state index in [4.69, 9.17) is 4.74 Å². The Balaban J connectivity index is 1.69.